The summed E-state index contributed by atoms with van der Waals surface area (Å²) >= 11 is 1.76. The molecule has 2 aromatic heterocycles. The SMILES string of the molecule is Cn1cccc1C(=O)N1CC2(CCN(Cc3ccsc3)C2)C1.O=C(O)C(F)(F)F. The van der Waals surface area contributed by atoms with E-state index in [1.165, 1.54) is 12.0 Å². The normalized spacial score (nSPS) is 18.3. The fraction of sp³-hybridized carbons (Fsp3) is 0.474. The second-order valence-corrected chi connectivity index (χ2v) is 8.34. The summed E-state index contributed by atoms with van der Waals surface area (Å²) in [5.41, 5.74) is 2.55. The van der Waals surface area contributed by atoms with Crippen molar-refractivity contribution in [3.05, 3.63) is 46.4 Å². The number of hydrogen-bond donors (Lipinski definition) is 1. The molecule has 0 aromatic carbocycles. The van der Waals surface area contributed by atoms with Crippen molar-refractivity contribution >= 4 is 23.2 Å². The van der Waals surface area contributed by atoms with E-state index in [2.05, 4.69) is 21.7 Å². The van der Waals surface area contributed by atoms with Gasteiger partial charge in [0, 0.05) is 44.8 Å². The highest BCUT2D eigenvalue weighted by Gasteiger charge is 2.49. The van der Waals surface area contributed by atoms with Crippen LogP contribution in [0.3, 0.4) is 0 Å². The highest BCUT2D eigenvalue weighted by atomic mass is 32.1. The van der Waals surface area contributed by atoms with Crippen LogP contribution < -0.4 is 0 Å². The van der Waals surface area contributed by atoms with Gasteiger partial charge in [0.1, 0.15) is 5.69 Å². The Labute approximate surface area is 170 Å². The van der Waals surface area contributed by atoms with E-state index >= 15 is 0 Å². The van der Waals surface area contributed by atoms with Crippen LogP contribution in [0.15, 0.2) is 35.2 Å². The molecule has 10 heteroatoms. The van der Waals surface area contributed by atoms with Gasteiger partial charge in [0.15, 0.2) is 0 Å². The van der Waals surface area contributed by atoms with E-state index < -0.39 is 12.1 Å². The number of hydrogen-bond acceptors (Lipinski definition) is 4. The molecule has 4 heterocycles. The van der Waals surface area contributed by atoms with Crippen LogP contribution in [0.5, 0.6) is 0 Å². The summed E-state index contributed by atoms with van der Waals surface area (Å²) in [6.07, 6.45) is -1.94. The van der Waals surface area contributed by atoms with Crippen LogP contribution in [0.25, 0.3) is 0 Å². The lowest BCUT2D eigenvalue weighted by molar-refractivity contribution is -0.192. The van der Waals surface area contributed by atoms with Crippen molar-refractivity contribution in [3.63, 3.8) is 0 Å². The summed E-state index contributed by atoms with van der Waals surface area (Å²) in [7, 11) is 1.93. The molecule has 158 valence electrons. The second-order valence-electron chi connectivity index (χ2n) is 7.56. The molecule has 1 amide bonds. The molecule has 0 atom stereocenters. The number of aryl methyl sites for hydroxylation is 1. The average molecular weight is 429 g/mol. The van der Waals surface area contributed by atoms with Crippen molar-refractivity contribution < 1.29 is 27.9 Å². The molecule has 2 fully saturated rings. The zero-order valence-electron chi connectivity index (χ0n) is 15.9. The van der Waals surface area contributed by atoms with Gasteiger partial charge in [-0.25, -0.2) is 4.79 Å². The molecule has 29 heavy (non-hydrogen) atoms. The van der Waals surface area contributed by atoms with Gasteiger partial charge in [-0.15, -0.1) is 0 Å². The first-order valence-corrected chi connectivity index (χ1v) is 9.98. The van der Waals surface area contributed by atoms with Crippen molar-refractivity contribution in [3.8, 4) is 0 Å². The molecule has 0 unspecified atom stereocenters. The van der Waals surface area contributed by atoms with Gasteiger partial charge in [0.05, 0.1) is 0 Å². The number of carbonyl (C=O) groups is 2. The number of carboxylic acid groups (broad SMARTS) is 1. The number of thiophene rings is 1. The molecule has 0 bridgehead atoms. The lowest BCUT2D eigenvalue weighted by Gasteiger charge is -2.48. The smallest absolute Gasteiger partial charge is 0.475 e. The Hall–Kier alpha value is -2.33. The number of aromatic nitrogens is 1. The van der Waals surface area contributed by atoms with Crippen LogP contribution >= 0.6 is 11.3 Å². The summed E-state index contributed by atoms with van der Waals surface area (Å²) in [4.78, 5) is 25.9. The van der Waals surface area contributed by atoms with Gasteiger partial charge >= 0.3 is 12.1 Å². The van der Waals surface area contributed by atoms with E-state index in [1.807, 2.05) is 34.8 Å². The molecule has 1 N–H and O–H groups in total. The lowest BCUT2D eigenvalue weighted by atomic mass is 9.79. The predicted octanol–water partition coefficient (Wildman–Crippen LogP) is 3.07. The molecule has 2 saturated heterocycles. The predicted molar refractivity (Wildman–Crippen MR) is 102 cm³/mol. The van der Waals surface area contributed by atoms with E-state index in [4.69, 9.17) is 9.90 Å². The third kappa shape index (κ3) is 4.99. The van der Waals surface area contributed by atoms with E-state index in [9.17, 15) is 18.0 Å². The molecule has 4 rings (SSSR count). The molecular formula is C19H22F3N3O3S. The van der Waals surface area contributed by atoms with Crippen LogP contribution in [-0.4, -0.2) is 63.7 Å². The maximum Gasteiger partial charge on any atom is 0.490 e. The van der Waals surface area contributed by atoms with Gasteiger partial charge in [-0.1, -0.05) is 0 Å². The zero-order valence-corrected chi connectivity index (χ0v) is 16.7. The molecular weight excluding hydrogens is 407 g/mol. The number of rotatable bonds is 3. The Morgan fingerprint density at radius 3 is 2.45 bits per heavy atom. The van der Waals surface area contributed by atoms with E-state index in [-0.39, 0.29) is 5.91 Å². The van der Waals surface area contributed by atoms with Crippen LogP contribution in [0.1, 0.15) is 22.5 Å². The van der Waals surface area contributed by atoms with Gasteiger partial charge in [0.2, 0.25) is 0 Å². The average Bonchev–Trinajstić information content (AvgIpc) is 3.34. The summed E-state index contributed by atoms with van der Waals surface area (Å²) in [6.45, 7) is 5.16. The standard InChI is InChI=1S/C17H21N3OS.C2HF3O2/c1-18-6-2-3-15(18)16(21)20-12-17(13-20)5-7-19(11-17)9-14-4-8-22-10-14;3-2(4,5)1(6)7/h2-4,6,8,10H,5,7,9,11-13H2,1H3;(H,6,7). The van der Waals surface area contributed by atoms with Crippen molar-refractivity contribution in [2.24, 2.45) is 12.5 Å². The number of carbonyl (C=O) groups excluding carboxylic acids is 1. The third-order valence-corrected chi connectivity index (χ3v) is 5.98. The number of amides is 1. The number of halogens is 3. The third-order valence-electron chi connectivity index (χ3n) is 5.25. The van der Waals surface area contributed by atoms with Crippen LogP contribution in [0, 0.1) is 5.41 Å². The molecule has 6 nitrogen and oxygen atoms in total. The molecule has 0 aliphatic carbocycles. The lowest BCUT2D eigenvalue weighted by Crippen LogP contribution is -2.59. The second kappa shape index (κ2) is 8.19. The number of alkyl halides is 3. The first-order chi connectivity index (χ1) is 13.6. The van der Waals surface area contributed by atoms with Gasteiger partial charge < -0.3 is 14.6 Å². The molecule has 0 radical (unpaired) electrons. The number of likely N-dealkylation sites (tertiary alicyclic amines) is 2. The van der Waals surface area contributed by atoms with E-state index in [0.29, 0.717) is 5.41 Å². The minimum Gasteiger partial charge on any atom is -0.475 e. The summed E-state index contributed by atoms with van der Waals surface area (Å²) < 4.78 is 33.6. The molecule has 2 aliphatic heterocycles. The summed E-state index contributed by atoms with van der Waals surface area (Å²) in [6, 6.07) is 6.05. The Balaban J connectivity index is 0.000000298. The van der Waals surface area contributed by atoms with Crippen LogP contribution in [0.4, 0.5) is 13.2 Å². The fourth-order valence-corrected chi connectivity index (χ4v) is 4.47. The molecule has 2 aromatic rings. The van der Waals surface area contributed by atoms with Gasteiger partial charge in [0.25, 0.3) is 5.91 Å². The maximum absolute atomic E-state index is 12.5. The Kier molecular flexibility index (Phi) is 6.04. The highest BCUT2D eigenvalue weighted by molar-refractivity contribution is 7.07. The number of nitrogens with zero attached hydrogens (tertiary/aromatic N) is 3. The molecule has 0 saturated carbocycles. The monoisotopic (exact) mass is 429 g/mol. The molecule has 2 aliphatic rings. The van der Waals surface area contributed by atoms with Crippen LogP contribution in [-0.2, 0) is 18.4 Å². The van der Waals surface area contributed by atoms with Crippen molar-refractivity contribution in [1.29, 1.82) is 0 Å². The first kappa shape index (κ1) is 21.4. The van der Waals surface area contributed by atoms with E-state index in [1.54, 1.807) is 11.3 Å². The van der Waals surface area contributed by atoms with Gasteiger partial charge in [-0.05, 0) is 47.5 Å². The number of aliphatic carboxylic acids is 1. The largest absolute Gasteiger partial charge is 0.490 e. The quantitative estimate of drug-likeness (QED) is 0.815. The number of carboxylic acids is 1. The molecule has 1 spiro atoms. The van der Waals surface area contributed by atoms with Gasteiger partial charge in [-0.3, -0.25) is 9.69 Å². The zero-order chi connectivity index (χ0) is 21.2. The highest BCUT2D eigenvalue weighted by Crippen LogP contribution is 2.40. The van der Waals surface area contributed by atoms with Crippen molar-refractivity contribution in [1.82, 2.24) is 14.4 Å². The summed E-state index contributed by atoms with van der Waals surface area (Å²) in [5, 5.41) is 11.5. The fourth-order valence-electron chi connectivity index (χ4n) is 3.81. The van der Waals surface area contributed by atoms with Gasteiger partial charge in [-0.2, -0.15) is 24.5 Å². The van der Waals surface area contributed by atoms with Crippen molar-refractivity contribution in [2.75, 3.05) is 26.2 Å². The van der Waals surface area contributed by atoms with Crippen LogP contribution in [0.2, 0.25) is 0 Å². The maximum atomic E-state index is 12.5. The Bertz CT molecular complexity index is 858. The van der Waals surface area contributed by atoms with Crippen molar-refractivity contribution in [2.45, 2.75) is 19.1 Å². The topological polar surface area (TPSA) is 65.8 Å². The Morgan fingerprint density at radius 2 is 1.93 bits per heavy atom. The Morgan fingerprint density at radius 1 is 1.24 bits per heavy atom. The summed E-state index contributed by atoms with van der Waals surface area (Å²) in [5.74, 6) is -2.58. The first-order valence-electron chi connectivity index (χ1n) is 9.04. The minimum absolute atomic E-state index is 0.175. The minimum atomic E-state index is -5.08. The van der Waals surface area contributed by atoms with E-state index in [0.717, 1.165) is 38.4 Å².